The Hall–Kier alpha value is -1.76. The SMILES string of the molecule is CCc1ccccc1N(C)c1ccc(C)cc1CC. The average molecular weight is 253 g/mol. The van der Waals surface area contributed by atoms with Crippen LogP contribution in [0.25, 0.3) is 0 Å². The molecule has 19 heavy (non-hydrogen) atoms. The summed E-state index contributed by atoms with van der Waals surface area (Å²) in [6, 6.07) is 15.4. The van der Waals surface area contributed by atoms with Crippen LogP contribution in [0.2, 0.25) is 0 Å². The summed E-state index contributed by atoms with van der Waals surface area (Å²) >= 11 is 0. The number of aryl methyl sites for hydroxylation is 3. The van der Waals surface area contributed by atoms with E-state index in [4.69, 9.17) is 0 Å². The van der Waals surface area contributed by atoms with Crippen LogP contribution in [0, 0.1) is 6.92 Å². The summed E-state index contributed by atoms with van der Waals surface area (Å²) in [5.74, 6) is 0. The lowest BCUT2D eigenvalue weighted by molar-refractivity contribution is 1.06. The van der Waals surface area contributed by atoms with Crippen LogP contribution in [0.15, 0.2) is 42.5 Å². The minimum Gasteiger partial charge on any atom is -0.344 e. The van der Waals surface area contributed by atoms with Gasteiger partial charge in [-0.05, 0) is 43.0 Å². The lowest BCUT2D eigenvalue weighted by atomic mass is 10.0. The first-order chi connectivity index (χ1) is 9.17. The van der Waals surface area contributed by atoms with Crippen molar-refractivity contribution in [2.45, 2.75) is 33.6 Å². The van der Waals surface area contributed by atoms with Crippen LogP contribution >= 0.6 is 0 Å². The van der Waals surface area contributed by atoms with Crippen molar-refractivity contribution in [3.8, 4) is 0 Å². The average Bonchev–Trinajstić information content (AvgIpc) is 2.46. The minimum absolute atomic E-state index is 1.06. The van der Waals surface area contributed by atoms with Crippen LogP contribution in [0.4, 0.5) is 11.4 Å². The molecule has 0 radical (unpaired) electrons. The molecule has 1 heteroatoms. The second-order valence-corrected chi connectivity index (χ2v) is 5.03. The van der Waals surface area contributed by atoms with Gasteiger partial charge in [0, 0.05) is 18.4 Å². The maximum absolute atomic E-state index is 2.32. The van der Waals surface area contributed by atoms with E-state index < -0.39 is 0 Å². The highest BCUT2D eigenvalue weighted by atomic mass is 15.1. The Morgan fingerprint density at radius 3 is 2.16 bits per heavy atom. The van der Waals surface area contributed by atoms with Gasteiger partial charge in [0.05, 0.1) is 0 Å². The Balaban J connectivity index is 2.46. The number of para-hydroxylation sites is 1. The standard InChI is InChI=1S/C18H23N/c1-5-15-9-7-8-10-17(15)19(4)18-12-11-14(3)13-16(18)6-2/h7-13H,5-6H2,1-4H3. The van der Waals surface area contributed by atoms with E-state index in [9.17, 15) is 0 Å². The molecule has 2 aromatic rings. The fourth-order valence-corrected chi connectivity index (χ4v) is 2.59. The maximum Gasteiger partial charge on any atom is 0.0440 e. The summed E-state index contributed by atoms with van der Waals surface area (Å²) in [4.78, 5) is 2.32. The first kappa shape index (κ1) is 13.7. The van der Waals surface area contributed by atoms with Gasteiger partial charge in [0.1, 0.15) is 0 Å². The molecule has 0 bridgehead atoms. The van der Waals surface area contributed by atoms with Crippen LogP contribution in [0.1, 0.15) is 30.5 Å². The van der Waals surface area contributed by atoms with Gasteiger partial charge in [-0.25, -0.2) is 0 Å². The third-order valence-corrected chi connectivity index (χ3v) is 3.71. The molecule has 0 aliphatic heterocycles. The van der Waals surface area contributed by atoms with Crippen LogP contribution in [0.3, 0.4) is 0 Å². The molecule has 0 saturated heterocycles. The lowest BCUT2D eigenvalue weighted by Gasteiger charge is -2.25. The number of hydrogen-bond acceptors (Lipinski definition) is 1. The number of rotatable bonds is 4. The largest absolute Gasteiger partial charge is 0.344 e. The van der Waals surface area contributed by atoms with Crippen molar-refractivity contribution in [2.24, 2.45) is 0 Å². The summed E-state index contributed by atoms with van der Waals surface area (Å²) in [5.41, 5.74) is 6.76. The Kier molecular flexibility index (Phi) is 4.26. The van der Waals surface area contributed by atoms with Crippen molar-refractivity contribution in [1.29, 1.82) is 0 Å². The maximum atomic E-state index is 2.32. The fraction of sp³-hybridized carbons (Fsp3) is 0.333. The Morgan fingerprint density at radius 2 is 1.47 bits per heavy atom. The Morgan fingerprint density at radius 1 is 0.842 bits per heavy atom. The zero-order valence-electron chi connectivity index (χ0n) is 12.4. The van der Waals surface area contributed by atoms with Gasteiger partial charge in [0.15, 0.2) is 0 Å². The summed E-state index contributed by atoms with van der Waals surface area (Å²) in [7, 11) is 2.16. The highest BCUT2D eigenvalue weighted by Gasteiger charge is 2.11. The molecule has 100 valence electrons. The van der Waals surface area contributed by atoms with Gasteiger partial charge in [0.25, 0.3) is 0 Å². The molecule has 0 aromatic heterocycles. The van der Waals surface area contributed by atoms with E-state index >= 15 is 0 Å². The van der Waals surface area contributed by atoms with Crippen LogP contribution < -0.4 is 4.90 Å². The molecule has 2 aromatic carbocycles. The van der Waals surface area contributed by atoms with Crippen LogP contribution in [0.5, 0.6) is 0 Å². The third kappa shape index (κ3) is 2.81. The van der Waals surface area contributed by atoms with Crippen molar-refractivity contribution in [1.82, 2.24) is 0 Å². The van der Waals surface area contributed by atoms with Gasteiger partial charge in [-0.2, -0.15) is 0 Å². The van der Waals surface area contributed by atoms with Crippen molar-refractivity contribution in [3.05, 3.63) is 59.2 Å². The quantitative estimate of drug-likeness (QED) is 0.750. The van der Waals surface area contributed by atoms with Gasteiger partial charge in [-0.3, -0.25) is 0 Å². The molecular weight excluding hydrogens is 230 g/mol. The molecule has 0 fully saturated rings. The zero-order chi connectivity index (χ0) is 13.8. The minimum atomic E-state index is 1.06. The first-order valence-corrected chi connectivity index (χ1v) is 7.08. The lowest BCUT2D eigenvalue weighted by Crippen LogP contribution is -2.13. The normalized spacial score (nSPS) is 10.5. The third-order valence-electron chi connectivity index (χ3n) is 3.71. The molecule has 0 amide bonds. The highest BCUT2D eigenvalue weighted by Crippen LogP contribution is 2.30. The van der Waals surface area contributed by atoms with Crippen molar-refractivity contribution >= 4 is 11.4 Å². The molecular formula is C18H23N. The van der Waals surface area contributed by atoms with E-state index in [1.807, 2.05) is 0 Å². The van der Waals surface area contributed by atoms with Gasteiger partial charge in [0.2, 0.25) is 0 Å². The monoisotopic (exact) mass is 253 g/mol. The molecule has 0 N–H and O–H groups in total. The second kappa shape index (κ2) is 5.92. The number of benzene rings is 2. The van der Waals surface area contributed by atoms with E-state index in [1.165, 1.54) is 28.1 Å². The smallest absolute Gasteiger partial charge is 0.0440 e. The van der Waals surface area contributed by atoms with E-state index in [2.05, 4.69) is 75.2 Å². The molecule has 0 aliphatic rings. The van der Waals surface area contributed by atoms with Gasteiger partial charge < -0.3 is 4.90 Å². The van der Waals surface area contributed by atoms with E-state index in [-0.39, 0.29) is 0 Å². The molecule has 0 atom stereocenters. The predicted octanol–water partition coefficient (Wildman–Crippen LogP) is 4.89. The highest BCUT2D eigenvalue weighted by molar-refractivity contribution is 5.68. The van der Waals surface area contributed by atoms with Crippen molar-refractivity contribution < 1.29 is 0 Å². The molecule has 0 unspecified atom stereocenters. The summed E-state index contributed by atoms with van der Waals surface area (Å²) < 4.78 is 0. The number of hydrogen-bond donors (Lipinski definition) is 0. The molecule has 1 nitrogen and oxygen atoms in total. The van der Waals surface area contributed by atoms with E-state index in [0.717, 1.165) is 12.8 Å². The van der Waals surface area contributed by atoms with E-state index in [1.54, 1.807) is 0 Å². The fourth-order valence-electron chi connectivity index (χ4n) is 2.59. The summed E-state index contributed by atoms with van der Waals surface area (Å²) in [6.45, 7) is 6.59. The topological polar surface area (TPSA) is 3.24 Å². The van der Waals surface area contributed by atoms with Gasteiger partial charge in [-0.15, -0.1) is 0 Å². The van der Waals surface area contributed by atoms with Crippen molar-refractivity contribution in [2.75, 3.05) is 11.9 Å². The summed E-state index contributed by atoms with van der Waals surface area (Å²) in [5, 5.41) is 0. The Labute approximate surface area is 116 Å². The van der Waals surface area contributed by atoms with E-state index in [0.29, 0.717) is 0 Å². The molecule has 0 heterocycles. The molecule has 2 rings (SSSR count). The van der Waals surface area contributed by atoms with Crippen LogP contribution in [-0.2, 0) is 12.8 Å². The summed E-state index contributed by atoms with van der Waals surface area (Å²) in [6.07, 6.45) is 2.13. The molecule has 0 aliphatic carbocycles. The van der Waals surface area contributed by atoms with Crippen LogP contribution in [-0.4, -0.2) is 7.05 Å². The first-order valence-electron chi connectivity index (χ1n) is 7.08. The van der Waals surface area contributed by atoms with Crippen molar-refractivity contribution in [3.63, 3.8) is 0 Å². The number of anilines is 2. The number of nitrogens with zero attached hydrogens (tertiary/aromatic N) is 1. The Bertz CT molecular complexity index is 557. The predicted molar refractivity (Wildman–Crippen MR) is 84.4 cm³/mol. The second-order valence-electron chi connectivity index (χ2n) is 5.03. The molecule has 0 spiro atoms. The van der Waals surface area contributed by atoms with Gasteiger partial charge in [-0.1, -0.05) is 49.7 Å². The zero-order valence-corrected chi connectivity index (χ0v) is 12.4. The van der Waals surface area contributed by atoms with Gasteiger partial charge >= 0.3 is 0 Å². The molecule has 0 saturated carbocycles.